The SMILES string of the molecule is Nc1ccccc1NC(=O)c1ccc(CNC(=O)C2=C[C@H](c3coc4ccccc34)C[C@H](OCc3ccc(CO)cc3)O2)cc1. The van der Waals surface area contributed by atoms with Gasteiger partial charge in [-0.3, -0.25) is 9.59 Å². The van der Waals surface area contributed by atoms with Crippen LogP contribution >= 0.6 is 0 Å². The van der Waals surface area contributed by atoms with Crippen LogP contribution in [0, 0.1) is 0 Å². The molecule has 2 atom stereocenters. The maximum absolute atomic E-state index is 13.4. The monoisotopic (exact) mass is 603 g/mol. The van der Waals surface area contributed by atoms with E-state index in [1.54, 1.807) is 54.8 Å². The summed E-state index contributed by atoms with van der Waals surface area (Å²) in [5.41, 5.74) is 11.7. The molecule has 4 aromatic carbocycles. The van der Waals surface area contributed by atoms with Crippen LogP contribution in [0.25, 0.3) is 11.0 Å². The number of benzene rings is 4. The minimum absolute atomic E-state index is 0.0280. The van der Waals surface area contributed by atoms with Gasteiger partial charge in [0, 0.05) is 35.4 Å². The molecule has 9 heteroatoms. The number of hydrogen-bond donors (Lipinski definition) is 4. The molecule has 5 aromatic rings. The molecule has 0 spiro atoms. The lowest BCUT2D eigenvalue weighted by atomic mass is 9.92. The number of amides is 2. The summed E-state index contributed by atoms with van der Waals surface area (Å²) in [6.45, 7) is 0.482. The highest BCUT2D eigenvalue weighted by Crippen LogP contribution is 2.36. The Balaban J connectivity index is 1.13. The number of para-hydroxylation sites is 3. The third-order valence-electron chi connectivity index (χ3n) is 7.71. The van der Waals surface area contributed by atoms with Crippen LogP contribution in [-0.2, 0) is 34.0 Å². The number of ether oxygens (including phenoxy) is 2. The van der Waals surface area contributed by atoms with Crippen molar-refractivity contribution in [1.29, 1.82) is 0 Å². The summed E-state index contributed by atoms with van der Waals surface area (Å²) in [6.07, 6.45) is 3.35. The summed E-state index contributed by atoms with van der Waals surface area (Å²) in [5.74, 6) is -0.679. The molecule has 0 bridgehead atoms. The molecule has 9 nitrogen and oxygen atoms in total. The van der Waals surface area contributed by atoms with Crippen molar-refractivity contribution in [2.75, 3.05) is 11.1 Å². The third kappa shape index (κ3) is 7.06. The molecule has 0 unspecified atom stereocenters. The Hall–Kier alpha value is -5.38. The van der Waals surface area contributed by atoms with Crippen LogP contribution in [0.5, 0.6) is 0 Å². The van der Waals surface area contributed by atoms with Crippen LogP contribution in [0.3, 0.4) is 0 Å². The van der Waals surface area contributed by atoms with Gasteiger partial charge in [0.15, 0.2) is 5.76 Å². The quantitative estimate of drug-likeness (QED) is 0.144. The lowest BCUT2D eigenvalue weighted by Crippen LogP contribution is -2.32. The van der Waals surface area contributed by atoms with E-state index in [-0.39, 0.29) is 43.2 Å². The summed E-state index contributed by atoms with van der Waals surface area (Å²) in [5, 5.41) is 16.0. The van der Waals surface area contributed by atoms with Gasteiger partial charge in [-0.15, -0.1) is 0 Å². The molecule has 1 aliphatic rings. The lowest BCUT2D eigenvalue weighted by molar-refractivity contribution is -0.150. The Labute approximate surface area is 260 Å². The average molecular weight is 604 g/mol. The predicted octanol–water partition coefficient (Wildman–Crippen LogP) is 6.01. The van der Waals surface area contributed by atoms with E-state index in [0.717, 1.165) is 33.2 Å². The summed E-state index contributed by atoms with van der Waals surface area (Å²) in [6, 6.07) is 29.3. The number of nitrogens with one attached hydrogen (secondary N) is 2. The number of carbonyl (C=O) groups excluding carboxylic acids is 2. The van der Waals surface area contributed by atoms with E-state index >= 15 is 0 Å². The fourth-order valence-corrected chi connectivity index (χ4v) is 5.20. The molecule has 228 valence electrons. The minimum Gasteiger partial charge on any atom is -0.464 e. The van der Waals surface area contributed by atoms with Gasteiger partial charge in [0.2, 0.25) is 6.29 Å². The predicted molar refractivity (Wildman–Crippen MR) is 171 cm³/mol. The third-order valence-corrected chi connectivity index (χ3v) is 7.71. The van der Waals surface area contributed by atoms with E-state index in [1.807, 2.05) is 54.6 Å². The highest BCUT2D eigenvalue weighted by atomic mass is 16.7. The van der Waals surface area contributed by atoms with Crippen LogP contribution < -0.4 is 16.4 Å². The number of nitrogen functional groups attached to an aromatic ring is 1. The second-order valence-electron chi connectivity index (χ2n) is 10.8. The molecule has 2 amide bonds. The Morgan fingerprint density at radius 2 is 1.58 bits per heavy atom. The fraction of sp³-hybridized carbons (Fsp3) is 0.167. The summed E-state index contributed by atoms with van der Waals surface area (Å²) in [4.78, 5) is 26.0. The van der Waals surface area contributed by atoms with Crippen molar-refractivity contribution in [1.82, 2.24) is 5.32 Å². The zero-order valence-corrected chi connectivity index (χ0v) is 24.4. The number of hydrogen-bond acceptors (Lipinski definition) is 7. The van der Waals surface area contributed by atoms with Gasteiger partial charge in [-0.2, -0.15) is 0 Å². The first-order valence-electron chi connectivity index (χ1n) is 14.6. The number of rotatable bonds is 10. The number of carbonyl (C=O) groups is 2. The van der Waals surface area contributed by atoms with E-state index in [0.29, 0.717) is 23.4 Å². The van der Waals surface area contributed by atoms with Crippen molar-refractivity contribution in [3.05, 3.63) is 143 Å². The van der Waals surface area contributed by atoms with E-state index in [1.165, 1.54) is 0 Å². The molecule has 1 aromatic heterocycles. The molecule has 0 saturated heterocycles. The smallest absolute Gasteiger partial charge is 0.286 e. The maximum atomic E-state index is 13.4. The largest absolute Gasteiger partial charge is 0.464 e. The molecule has 2 heterocycles. The Morgan fingerprint density at radius 1 is 0.867 bits per heavy atom. The van der Waals surface area contributed by atoms with E-state index in [2.05, 4.69) is 10.6 Å². The van der Waals surface area contributed by atoms with Gasteiger partial charge >= 0.3 is 0 Å². The summed E-state index contributed by atoms with van der Waals surface area (Å²) < 4.78 is 18.0. The van der Waals surface area contributed by atoms with E-state index < -0.39 is 6.29 Å². The van der Waals surface area contributed by atoms with Gasteiger partial charge in [0.1, 0.15) is 5.58 Å². The molecule has 6 rings (SSSR count). The highest BCUT2D eigenvalue weighted by molar-refractivity contribution is 6.05. The topological polar surface area (TPSA) is 136 Å². The van der Waals surface area contributed by atoms with Crippen LogP contribution in [0.1, 0.15) is 45.0 Å². The fourth-order valence-electron chi connectivity index (χ4n) is 5.20. The molecule has 0 radical (unpaired) electrons. The average Bonchev–Trinajstić information content (AvgIpc) is 3.52. The molecule has 0 aliphatic carbocycles. The van der Waals surface area contributed by atoms with E-state index in [4.69, 9.17) is 19.6 Å². The zero-order valence-electron chi connectivity index (χ0n) is 24.4. The van der Waals surface area contributed by atoms with Gasteiger partial charge in [0.25, 0.3) is 11.8 Å². The van der Waals surface area contributed by atoms with Crippen molar-refractivity contribution >= 4 is 34.2 Å². The summed E-state index contributed by atoms with van der Waals surface area (Å²) in [7, 11) is 0. The normalized spacial score (nSPS) is 16.1. The van der Waals surface area contributed by atoms with Crippen LogP contribution in [-0.4, -0.2) is 23.2 Å². The van der Waals surface area contributed by atoms with Crippen molar-refractivity contribution in [3.63, 3.8) is 0 Å². The first-order valence-corrected chi connectivity index (χ1v) is 14.6. The number of fused-ring (bicyclic) bond motifs is 1. The van der Waals surface area contributed by atoms with Crippen LogP contribution in [0.15, 0.2) is 120 Å². The van der Waals surface area contributed by atoms with Crippen molar-refractivity contribution in [2.24, 2.45) is 0 Å². The number of anilines is 2. The Bertz CT molecular complexity index is 1830. The van der Waals surface area contributed by atoms with Gasteiger partial charge in [0.05, 0.1) is 30.9 Å². The van der Waals surface area contributed by atoms with Gasteiger partial charge in [-0.1, -0.05) is 66.7 Å². The molecular weight excluding hydrogens is 570 g/mol. The second kappa shape index (κ2) is 13.5. The molecule has 0 fully saturated rings. The van der Waals surface area contributed by atoms with Crippen LogP contribution in [0.4, 0.5) is 11.4 Å². The maximum Gasteiger partial charge on any atom is 0.286 e. The first kappa shape index (κ1) is 29.7. The molecule has 5 N–H and O–H groups in total. The Kier molecular flexibility index (Phi) is 8.91. The lowest BCUT2D eigenvalue weighted by Gasteiger charge is -2.29. The van der Waals surface area contributed by atoms with E-state index in [9.17, 15) is 14.7 Å². The zero-order chi connectivity index (χ0) is 31.2. The number of aliphatic hydroxyl groups is 1. The van der Waals surface area contributed by atoms with Crippen molar-refractivity contribution in [2.45, 2.75) is 38.4 Å². The number of nitrogens with two attached hydrogens (primary N) is 1. The van der Waals surface area contributed by atoms with Gasteiger partial charge < -0.3 is 35.4 Å². The van der Waals surface area contributed by atoms with Gasteiger partial charge in [-0.05, 0) is 53.1 Å². The highest BCUT2D eigenvalue weighted by Gasteiger charge is 2.30. The molecule has 0 saturated carbocycles. The molecule has 45 heavy (non-hydrogen) atoms. The number of aliphatic hydroxyl groups excluding tert-OH is 1. The van der Waals surface area contributed by atoms with Crippen molar-refractivity contribution < 1.29 is 28.6 Å². The number of furan rings is 1. The van der Waals surface area contributed by atoms with Crippen molar-refractivity contribution in [3.8, 4) is 0 Å². The standard InChI is InChI=1S/C36H33N3O6/c37-30-6-2-3-7-31(30)39-35(41)26-15-13-23(14-16-26)19-38-36(42)33-17-27(29-22-43-32-8-4-1-5-28(29)32)18-34(45-33)44-21-25-11-9-24(20-40)10-12-25/h1-17,22,27,34,40H,18-21,37H2,(H,38,42)(H,39,41)/t27-,34+/m0/s1. The molecular formula is C36H33N3O6. The van der Waals surface area contributed by atoms with Gasteiger partial charge in [-0.25, -0.2) is 0 Å². The number of allylic oxidation sites excluding steroid dienone is 1. The first-order chi connectivity index (χ1) is 22.0. The molecule has 1 aliphatic heterocycles. The Morgan fingerprint density at radius 3 is 2.36 bits per heavy atom. The summed E-state index contributed by atoms with van der Waals surface area (Å²) >= 11 is 0. The van der Waals surface area contributed by atoms with Crippen LogP contribution in [0.2, 0.25) is 0 Å². The minimum atomic E-state index is -0.677. The second-order valence-corrected chi connectivity index (χ2v) is 10.8.